The van der Waals surface area contributed by atoms with Gasteiger partial charge in [-0.15, -0.1) is 13.2 Å². The average molecular weight is 419 g/mol. The van der Waals surface area contributed by atoms with Crippen molar-refractivity contribution in [3.63, 3.8) is 0 Å². The Balaban J connectivity index is 3.81. The standard InChI is InChI=1S/C14H22BrF7O/c15-11-9-7-5-3-1-2-4-6-8-10-12(16,17)13(18,19)23-14(20,21)22/h1-11H2. The zero-order valence-electron chi connectivity index (χ0n) is 12.7. The summed E-state index contributed by atoms with van der Waals surface area (Å²) in [6, 6.07) is 0. The fourth-order valence-corrected chi connectivity index (χ4v) is 2.44. The Kier molecular flexibility index (Phi) is 10.7. The largest absolute Gasteiger partial charge is 0.527 e. The molecule has 140 valence electrons. The van der Waals surface area contributed by atoms with E-state index in [1.807, 2.05) is 0 Å². The summed E-state index contributed by atoms with van der Waals surface area (Å²) in [5.41, 5.74) is 0. The van der Waals surface area contributed by atoms with Gasteiger partial charge in [0.25, 0.3) is 0 Å². The van der Waals surface area contributed by atoms with Crippen LogP contribution >= 0.6 is 15.9 Å². The number of alkyl halides is 8. The van der Waals surface area contributed by atoms with Crippen LogP contribution in [0, 0.1) is 0 Å². The number of hydrogen-bond acceptors (Lipinski definition) is 1. The predicted octanol–water partition coefficient (Wildman–Crippen LogP) is 7.05. The van der Waals surface area contributed by atoms with Crippen molar-refractivity contribution in [1.29, 1.82) is 0 Å². The van der Waals surface area contributed by atoms with E-state index in [1.165, 1.54) is 0 Å². The third-order valence-corrected chi connectivity index (χ3v) is 3.85. The van der Waals surface area contributed by atoms with E-state index in [9.17, 15) is 30.7 Å². The summed E-state index contributed by atoms with van der Waals surface area (Å²) in [4.78, 5) is 0. The minimum absolute atomic E-state index is 0.270. The lowest BCUT2D eigenvalue weighted by atomic mass is 10.0. The molecule has 0 bridgehead atoms. The van der Waals surface area contributed by atoms with Gasteiger partial charge in [-0.25, -0.2) is 4.74 Å². The Morgan fingerprint density at radius 1 is 0.609 bits per heavy atom. The van der Waals surface area contributed by atoms with Crippen LogP contribution in [0.25, 0.3) is 0 Å². The molecule has 0 aliphatic rings. The van der Waals surface area contributed by atoms with E-state index in [2.05, 4.69) is 20.7 Å². The van der Waals surface area contributed by atoms with Crippen LogP contribution in [0.5, 0.6) is 0 Å². The first-order chi connectivity index (χ1) is 10.5. The lowest BCUT2D eigenvalue weighted by Gasteiger charge is -2.26. The summed E-state index contributed by atoms with van der Waals surface area (Å²) >= 11 is 3.32. The zero-order chi connectivity index (χ0) is 18.0. The van der Waals surface area contributed by atoms with Gasteiger partial charge in [-0.1, -0.05) is 60.9 Å². The molecular weight excluding hydrogens is 397 g/mol. The summed E-state index contributed by atoms with van der Waals surface area (Å²) in [6.45, 7) is 0. The van der Waals surface area contributed by atoms with Crippen molar-refractivity contribution >= 4 is 15.9 Å². The van der Waals surface area contributed by atoms with Crippen LogP contribution in [-0.4, -0.2) is 23.7 Å². The van der Waals surface area contributed by atoms with Crippen LogP contribution in [0.4, 0.5) is 30.7 Å². The van der Waals surface area contributed by atoms with Crippen molar-refractivity contribution in [1.82, 2.24) is 0 Å². The molecule has 0 N–H and O–H groups in total. The first-order valence-corrected chi connectivity index (χ1v) is 8.72. The van der Waals surface area contributed by atoms with Gasteiger partial charge in [0.15, 0.2) is 0 Å². The van der Waals surface area contributed by atoms with Crippen molar-refractivity contribution in [3.8, 4) is 0 Å². The van der Waals surface area contributed by atoms with Crippen LogP contribution in [0.3, 0.4) is 0 Å². The van der Waals surface area contributed by atoms with Gasteiger partial charge in [0, 0.05) is 11.8 Å². The smallest absolute Gasteiger partial charge is 0.221 e. The normalized spacial score (nSPS) is 13.6. The summed E-state index contributed by atoms with van der Waals surface area (Å²) < 4.78 is 89.1. The van der Waals surface area contributed by atoms with Crippen LogP contribution in [0.15, 0.2) is 0 Å². The number of halogens is 8. The second-order valence-corrected chi connectivity index (χ2v) is 6.18. The van der Waals surface area contributed by atoms with Gasteiger partial charge in [0.05, 0.1) is 0 Å². The predicted molar refractivity (Wildman–Crippen MR) is 77.0 cm³/mol. The maximum Gasteiger partial charge on any atom is 0.527 e. The van der Waals surface area contributed by atoms with Gasteiger partial charge in [-0.3, -0.25) is 0 Å². The molecule has 0 rings (SSSR count). The Hall–Kier alpha value is -0.0500. The highest BCUT2D eigenvalue weighted by molar-refractivity contribution is 9.09. The lowest BCUT2D eigenvalue weighted by Crippen LogP contribution is -2.46. The molecule has 0 saturated heterocycles. The van der Waals surface area contributed by atoms with Crippen LogP contribution in [0.1, 0.15) is 64.2 Å². The average Bonchev–Trinajstić information content (AvgIpc) is 2.38. The van der Waals surface area contributed by atoms with Crippen LogP contribution in [0.2, 0.25) is 0 Å². The van der Waals surface area contributed by atoms with Gasteiger partial charge in [-0.2, -0.15) is 17.6 Å². The highest BCUT2D eigenvalue weighted by Gasteiger charge is 2.62. The summed E-state index contributed by atoms with van der Waals surface area (Å²) in [5, 5.41) is 0.962. The quantitative estimate of drug-likeness (QED) is 0.177. The molecule has 0 atom stereocenters. The summed E-state index contributed by atoms with van der Waals surface area (Å²) in [6.07, 6.45) is -6.00. The van der Waals surface area contributed by atoms with Crippen molar-refractivity contribution in [2.75, 3.05) is 5.33 Å². The van der Waals surface area contributed by atoms with E-state index >= 15 is 0 Å². The van der Waals surface area contributed by atoms with Gasteiger partial charge in [0.2, 0.25) is 0 Å². The molecule has 0 aromatic carbocycles. The SMILES string of the molecule is FC(F)(F)OC(F)(F)C(F)(F)CCCCCCCCCCCBr. The first kappa shape index (κ1) is 22.9. The fourth-order valence-electron chi connectivity index (χ4n) is 2.04. The number of unbranched alkanes of at least 4 members (excludes halogenated alkanes) is 8. The molecule has 0 aliphatic carbocycles. The Bertz CT molecular complexity index is 308. The Morgan fingerprint density at radius 3 is 1.39 bits per heavy atom. The van der Waals surface area contributed by atoms with Crippen molar-refractivity contribution in [3.05, 3.63) is 0 Å². The highest BCUT2D eigenvalue weighted by Crippen LogP contribution is 2.42. The fraction of sp³-hybridized carbons (Fsp3) is 1.00. The van der Waals surface area contributed by atoms with Crippen molar-refractivity contribution < 1.29 is 35.5 Å². The molecule has 0 heterocycles. The molecule has 0 saturated carbocycles. The molecule has 9 heteroatoms. The number of hydrogen-bond donors (Lipinski definition) is 0. The third kappa shape index (κ3) is 11.2. The second-order valence-electron chi connectivity index (χ2n) is 5.39. The molecule has 0 aromatic rings. The van der Waals surface area contributed by atoms with Crippen LogP contribution in [-0.2, 0) is 4.74 Å². The maximum absolute atomic E-state index is 13.1. The Morgan fingerprint density at radius 2 is 1.00 bits per heavy atom. The summed E-state index contributed by atoms with van der Waals surface area (Å²) in [5.74, 6) is -4.84. The molecule has 0 aromatic heterocycles. The third-order valence-electron chi connectivity index (χ3n) is 3.29. The highest BCUT2D eigenvalue weighted by atomic mass is 79.9. The topological polar surface area (TPSA) is 9.23 Å². The van der Waals surface area contributed by atoms with E-state index in [1.54, 1.807) is 0 Å². The van der Waals surface area contributed by atoms with E-state index < -0.39 is 24.8 Å². The van der Waals surface area contributed by atoms with Gasteiger partial charge >= 0.3 is 18.4 Å². The lowest BCUT2D eigenvalue weighted by molar-refractivity contribution is -0.466. The van der Waals surface area contributed by atoms with Crippen molar-refractivity contribution in [2.24, 2.45) is 0 Å². The molecule has 0 spiro atoms. The van der Waals surface area contributed by atoms with E-state index in [0.29, 0.717) is 6.42 Å². The number of rotatable bonds is 13. The first-order valence-electron chi connectivity index (χ1n) is 7.60. The van der Waals surface area contributed by atoms with Crippen LogP contribution < -0.4 is 0 Å². The molecule has 0 aliphatic heterocycles. The van der Waals surface area contributed by atoms with Gasteiger partial charge in [0.1, 0.15) is 0 Å². The van der Waals surface area contributed by atoms with E-state index in [4.69, 9.17) is 0 Å². The Labute approximate surface area is 140 Å². The van der Waals surface area contributed by atoms with E-state index in [-0.39, 0.29) is 12.8 Å². The van der Waals surface area contributed by atoms with Gasteiger partial charge < -0.3 is 0 Å². The zero-order valence-corrected chi connectivity index (χ0v) is 14.3. The minimum Gasteiger partial charge on any atom is -0.221 e. The second kappa shape index (κ2) is 10.7. The van der Waals surface area contributed by atoms with Crippen molar-refractivity contribution in [2.45, 2.75) is 82.6 Å². The molecule has 0 unspecified atom stereocenters. The van der Waals surface area contributed by atoms with E-state index in [0.717, 1.165) is 43.9 Å². The molecule has 23 heavy (non-hydrogen) atoms. The molecule has 0 radical (unpaired) electrons. The maximum atomic E-state index is 13.1. The summed E-state index contributed by atoms with van der Waals surface area (Å²) in [7, 11) is 0. The number of ether oxygens (including phenoxy) is 1. The minimum atomic E-state index is -5.80. The molecular formula is C14H22BrF7O. The molecule has 1 nitrogen and oxygen atoms in total. The molecule has 0 fully saturated rings. The van der Waals surface area contributed by atoms with Gasteiger partial charge in [-0.05, 0) is 12.8 Å². The molecule has 0 amide bonds. The monoisotopic (exact) mass is 418 g/mol.